The molecule has 5 heteroatoms. The third-order valence-corrected chi connectivity index (χ3v) is 2.26. The molecule has 1 rings (SSSR count). The third-order valence-electron chi connectivity index (χ3n) is 2.26. The second-order valence-electron chi connectivity index (χ2n) is 3.70. The predicted octanol–water partition coefficient (Wildman–Crippen LogP) is 0.676. The van der Waals surface area contributed by atoms with Gasteiger partial charge in [-0.3, -0.25) is 9.59 Å². The van der Waals surface area contributed by atoms with Gasteiger partial charge in [0.1, 0.15) is 0 Å². The van der Waals surface area contributed by atoms with Crippen molar-refractivity contribution < 1.29 is 9.59 Å². The van der Waals surface area contributed by atoms with E-state index in [-0.39, 0.29) is 12.5 Å². The molecular formula is C12H17N3O2. The Morgan fingerprint density at radius 3 is 2.59 bits per heavy atom. The fourth-order valence-corrected chi connectivity index (χ4v) is 1.53. The summed E-state index contributed by atoms with van der Waals surface area (Å²) in [5.41, 5.74) is 6.36. The Morgan fingerprint density at radius 2 is 2.00 bits per heavy atom. The molecule has 5 nitrogen and oxygen atoms in total. The third kappa shape index (κ3) is 3.48. The van der Waals surface area contributed by atoms with E-state index >= 15 is 0 Å². The maximum Gasteiger partial charge on any atom is 0.256 e. The Bertz CT molecular complexity index is 418. The molecule has 92 valence electrons. The Kier molecular flexibility index (Phi) is 4.51. The lowest BCUT2D eigenvalue weighted by molar-refractivity contribution is -0.118. The van der Waals surface area contributed by atoms with Gasteiger partial charge in [-0.05, 0) is 19.1 Å². The van der Waals surface area contributed by atoms with E-state index < -0.39 is 5.91 Å². The first kappa shape index (κ1) is 13.0. The highest BCUT2D eigenvalue weighted by molar-refractivity contribution is 6.00. The van der Waals surface area contributed by atoms with Gasteiger partial charge in [0.25, 0.3) is 5.91 Å². The first-order chi connectivity index (χ1) is 8.06. The van der Waals surface area contributed by atoms with Crippen molar-refractivity contribution in [2.75, 3.05) is 25.5 Å². The van der Waals surface area contributed by atoms with Crippen molar-refractivity contribution in [3.05, 3.63) is 29.8 Å². The van der Waals surface area contributed by atoms with E-state index in [2.05, 4.69) is 5.32 Å². The predicted molar refractivity (Wildman–Crippen MR) is 66.8 cm³/mol. The molecule has 3 N–H and O–H groups in total. The van der Waals surface area contributed by atoms with Crippen LogP contribution in [0.2, 0.25) is 0 Å². The fraction of sp³-hybridized carbons (Fsp3) is 0.333. The van der Waals surface area contributed by atoms with Gasteiger partial charge in [0.15, 0.2) is 0 Å². The Labute approximate surface area is 101 Å². The molecule has 0 spiro atoms. The molecule has 0 radical (unpaired) electrons. The number of rotatable bonds is 5. The minimum Gasteiger partial charge on any atom is -0.385 e. The molecule has 2 amide bonds. The minimum absolute atomic E-state index is 0.0840. The number of hydrogen-bond donors (Lipinski definition) is 2. The number of nitrogens with zero attached hydrogens (tertiary/aromatic N) is 1. The zero-order valence-corrected chi connectivity index (χ0v) is 10.1. The molecule has 0 aliphatic heterocycles. The van der Waals surface area contributed by atoms with Crippen molar-refractivity contribution in [3.63, 3.8) is 0 Å². The number of anilines is 1. The van der Waals surface area contributed by atoms with E-state index in [9.17, 15) is 9.59 Å². The molecule has 0 aliphatic rings. The molecule has 0 aliphatic carbocycles. The number of benzene rings is 1. The summed E-state index contributed by atoms with van der Waals surface area (Å²) in [5.74, 6) is -0.748. The number of likely N-dealkylation sites (N-methyl/N-ethyl adjacent to an activating group) is 1. The first-order valence-electron chi connectivity index (χ1n) is 5.43. The van der Waals surface area contributed by atoms with Gasteiger partial charge in [-0.2, -0.15) is 0 Å². The lowest BCUT2D eigenvalue weighted by Gasteiger charge is -2.17. The van der Waals surface area contributed by atoms with Crippen LogP contribution in [-0.2, 0) is 4.79 Å². The highest BCUT2D eigenvalue weighted by Crippen LogP contribution is 2.16. The van der Waals surface area contributed by atoms with E-state index in [1.54, 1.807) is 19.2 Å². The summed E-state index contributed by atoms with van der Waals surface area (Å²) in [6.45, 7) is 2.59. The molecule has 0 bridgehead atoms. The number of primary amides is 1. The van der Waals surface area contributed by atoms with Crippen LogP contribution in [0, 0.1) is 0 Å². The quantitative estimate of drug-likeness (QED) is 0.787. The molecule has 17 heavy (non-hydrogen) atoms. The van der Waals surface area contributed by atoms with Crippen molar-refractivity contribution >= 4 is 17.5 Å². The van der Waals surface area contributed by atoms with Crippen LogP contribution in [-0.4, -0.2) is 36.9 Å². The molecule has 0 fully saturated rings. The smallest absolute Gasteiger partial charge is 0.256 e. The lowest BCUT2D eigenvalue weighted by atomic mass is 10.1. The molecule has 0 unspecified atom stereocenters. The van der Waals surface area contributed by atoms with Crippen LogP contribution in [0.25, 0.3) is 0 Å². The average molecular weight is 235 g/mol. The van der Waals surface area contributed by atoms with Crippen molar-refractivity contribution in [2.45, 2.75) is 6.92 Å². The normalized spacial score (nSPS) is 9.76. The van der Waals surface area contributed by atoms with E-state index in [4.69, 9.17) is 5.73 Å². The number of nitrogens with two attached hydrogens (primary N) is 1. The van der Waals surface area contributed by atoms with E-state index in [0.29, 0.717) is 5.56 Å². The Hall–Kier alpha value is -2.04. The van der Waals surface area contributed by atoms with E-state index in [0.717, 1.165) is 12.2 Å². The number of amides is 2. The standard InChI is InChI=1S/C12H17N3O2/c1-3-14-10-7-5-4-6-9(10)12(17)15(2)8-11(13)16/h4-7,14H,3,8H2,1-2H3,(H2,13,16). The fourth-order valence-electron chi connectivity index (χ4n) is 1.53. The number of para-hydroxylation sites is 1. The zero-order chi connectivity index (χ0) is 12.8. The highest BCUT2D eigenvalue weighted by atomic mass is 16.2. The molecule has 0 saturated carbocycles. The molecule has 0 atom stereocenters. The molecule has 1 aromatic carbocycles. The summed E-state index contributed by atoms with van der Waals surface area (Å²) < 4.78 is 0. The number of hydrogen-bond acceptors (Lipinski definition) is 3. The van der Waals surface area contributed by atoms with E-state index in [1.807, 2.05) is 19.1 Å². The summed E-state index contributed by atoms with van der Waals surface area (Å²) in [5, 5.41) is 3.10. The van der Waals surface area contributed by atoms with Crippen LogP contribution in [0.5, 0.6) is 0 Å². The maximum absolute atomic E-state index is 12.1. The van der Waals surface area contributed by atoms with Crippen LogP contribution in [0.3, 0.4) is 0 Å². The van der Waals surface area contributed by atoms with Gasteiger partial charge in [0.2, 0.25) is 5.91 Å². The van der Waals surface area contributed by atoms with Gasteiger partial charge in [0.05, 0.1) is 12.1 Å². The monoisotopic (exact) mass is 235 g/mol. The van der Waals surface area contributed by atoms with Crippen molar-refractivity contribution in [2.24, 2.45) is 5.73 Å². The topological polar surface area (TPSA) is 75.4 Å². The second kappa shape index (κ2) is 5.89. The summed E-state index contributed by atoms with van der Waals surface area (Å²) in [6.07, 6.45) is 0. The zero-order valence-electron chi connectivity index (χ0n) is 10.1. The largest absolute Gasteiger partial charge is 0.385 e. The average Bonchev–Trinajstić information content (AvgIpc) is 2.28. The lowest BCUT2D eigenvalue weighted by Crippen LogP contribution is -2.35. The second-order valence-corrected chi connectivity index (χ2v) is 3.70. The van der Waals surface area contributed by atoms with Crippen LogP contribution in [0.4, 0.5) is 5.69 Å². The molecule has 0 saturated heterocycles. The molecule has 0 heterocycles. The Morgan fingerprint density at radius 1 is 1.35 bits per heavy atom. The van der Waals surface area contributed by atoms with Gasteiger partial charge in [-0.25, -0.2) is 0 Å². The van der Waals surface area contributed by atoms with Crippen molar-refractivity contribution in [1.29, 1.82) is 0 Å². The SMILES string of the molecule is CCNc1ccccc1C(=O)N(C)CC(N)=O. The molecular weight excluding hydrogens is 218 g/mol. The summed E-state index contributed by atoms with van der Waals surface area (Å²) in [4.78, 5) is 24.1. The van der Waals surface area contributed by atoms with Gasteiger partial charge < -0.3 is 16.0 Å². The van der Waals surface area contributed by atoms with Crippen LogP contribution in [0.1, 0.15) is 17.3 Å². The highest BCUT2D eigenvalue weighted by Gasteiger charge is 2.16. The summed E-state index contributed by atoms with van der Waals surface area (Å²) >= 11 is 0. The van der Waals surface area contributed by atoms with Crippen LogP contribution < -0.4 is 11.1 Å². The molecule has 0 aromatic heterocycles. The summed E-state index contributed by atoms with van der Waals surface area (Å²) in [6, 6.07) is 7.18. The van der Waals surface area contributed by atoms with Gasteiger partial charge in [-0.15, -0.1) is 0 Å². The van der Waals surface area contributed by atoms with Gasteiger partial charge >= 0.3 is 0 Å². The van der Waals surface area contributed by atoms with Gasteiger partial charge in [-0.1, -0.05) is 12.1 Å². The van der Waals surface area contributed by atoms with Crippen LogP contribution in [0.15, 0.2) is 24.3 Å². The number of carbonyl (C=O) groups excluding carboxylic acids is 2. The minimum atomic E-state index is -0.526. The van der Waals surface area contributed by atoms with Crippen LogP contribution >= 0.6 is 0 Å². The number of nitrogens with one attached hydrogen (secondary N) is 1. The molecule has 1 aromatic rings. The first-order valence-corrected chi connectivity index (χ1v) is 5.43. The van der Waals surface area contributed by atoms with Crippen molar-refractivity contribution in [1.82, 2.24) is 4.90 Å². The van der Waals surface area contributed by atoms with Gasteiger partial charge in [0, 0.05) is 19.3 Å². The van der Waals surface area contributed by atoms with Crippen molar-refractivity contribution in [3.8, 4) is 0 Å². The Balaban J connectivity index is 2.91. The summed E-state index contributed by atoms with van der Waals surface area (Å²) in [7, 11) is 1.55. The number of carbonyl (C=O) groups is 2. The van der Waals surface area contributed by atoms with E-state index in [1.165, 1.54) is 4.90 Å². The maximum atomic E-state index is 12.1.